The number of methoxy groups -OCH3 is 2. The number of amides is 1. The van der Waals surface area contributed by atoms with E-state index in [-0.39, 0.29) is 5.91 Å². The maximum atomic E-state index is 12.5. The number of hydrogen-bond donors (Lipinski definition) is 1. The van der Waals surface area contributed by atoms with Crippen LogP contribution in [0.4, 0.5) is 0 Å². The molecule has 27 heavy (non-hydrogen) atoms. The molecule has 0 aliphatic carbocycles. The van der Waals surface area contributed by atoms with Gasteiger partial charge in [-0.05, 0) is 30.3 Å². The van der Waals surface area contributed by atoms with Crippen molar-refractivity contribution < 1.29 is 14.3 Å². The number of pyridine rings is 1. The Morgan fingerprint density at radius 1 is 0.889 bits per heavy atom. The first-order valence-corrected chi connectivity index (χ1v) is 8.30. The van der Waals surface area contributed by atoms with E-state index in [9.17, 15) is 4.79 Å². The zero-order valence-electron chi connectivity index (χ0n) is 15.0. The van der Waals surface area contributed by atoms with Crippen LogP contribution in [0.5, 0.6) is 11.5 Å². The van der Waals surface area contributed by atoms with Crippen LogP contribution in [0.1, 0.15) is 21.6 Å². The third-order valence-electron chi connectivity index (χ3n) is 3.87. The highest BCUT2D eigenvalue weighted by Crippen LogP contribution is 2.27. The van der Waals surface area contributed by atoms with Crippen molar-refractivity contribution >= 4 is 11.6 Å². The number of carbonyl (C=O) groups excluding carboxylic acids is 1. The zero-order chi connectivity index (χ0) is 19.1. The first-order valence-electron chi connectivity index (χ1n) is 8.30. The largest absolute Gasteiger partial charge is 0.493 e. The van der Waals surface area contributed by atoms with Crippen molar-refractivity contribution in [3.05, 3.63) is 89.7 Å². The van der Waals surface area contributed by atoms with E-state index in [0.29, 0.717) is 28.5 Å². The lowest BCUT2D eigenvalue weighted by molar-refractivity contribution is 0.0954. The molecule has 0 saturated carbocycles. The van der Waals surface area contributed by atoms with Gasteiger partial charge >= 0.3 is 0 Å². The van der Waals surface area contributed by atoms with Crippen LogP contribution in [0.15, 0.2) is 78.0 Å². The van der Waals surface area contributed by atoms with Crippen LogP contribution in [0.2, 0.25) is 0 Å². The molecule has 136 valence electrons. The van der Waals surface area contributed by atoms with E-state index < -0.39 is 0 Å². The molecule has 0 unspecified atom stereocenters. The number of ether oxygens (including phenoxy) is 2. The fourth-order valence-electron chi connectivity index (χ4n) is 2.52. The number of rotatable bonds is 6. The SMILES string of the molecule is COc1ccc(C(=O)N/N=C(/c2ccccc2)c2ccccn2)cc1OC. The molecule has 1 aromatic heterocycles. The quantitative estimate of drug-likeness (QED) is 0.540. The minimum absolute atomic E-state index is 0.361. The summed E-state index contributed by atoms with van der Waals surface area (Å²) in [7, 11) is 3.06. The summed E-state index contributed by atoms with van der Waals surface area (Å²) < 4.78 is 10.4. The molecule has 0 fully saturated rings. The Morgan fingerprint density at radius 2 is 1.63 bits per heavy atom. The summed E-state index contributed by atoms with van der Waals surface area (Å²) in [5.74, 6) is 0.665. The molecule has 3 aromatic rings. The summed E-state index contributed by atoms with van der Waals surface area (Å²) in [6.45, 7) is 0. The fourth-order valence-corrected chi connectivity index (χ4v) is 2.52. The Bertz CT molecular complexity index is 900. The molecular formula is C21H19N3O3. The molecule has 0 radical (unpaired) electrons. The number of nitrogens with one attached hydrogen (secondary N) is 1. The van der Waals surface area contributed by atoms with Gasteiger partial charge in [-0.3, -0.25) is 9.78 Å². The number of hydrazone groups is 1. The lowest BCUT2D eigenvalue weighted by Gasteiger charge is -2.10. The molecule has 6 heteroatoms. The van der Waals surface area contributed by atoms with Gasteiger partial charge < -0.3 is 9.47 Å². The summed E-state index contributed by atoms with van der Waals surface area (Å²) >= 11 is 0. The second-order valence-electron chi connectivity index (χ2n) is 5.55. The van der Waals surface area contributed by atoms with Crippen molar-refractivity contribution in [1.29, 1.82) is 0 Å². The van der Waals surface area contributed by atoms with Gasteiger partial charge in [-0.25, -0.2) is 5.43 Å². The molecule has 0 saturated heterocycles. The van der Waals surface area contributed by atoms with E-state index in [1.807, 2.05) is 48.5 Å². The van der Waals surface area contributed by atoms with Crippen molar-refractivity contribution in [2.45, 2.75) is 0 Å². The first-order chi connectivity index (χ1) is 13.2. The van der Waals surface area contributed by atoms with E-state index in [1.165, 1.54) is 7.11 Å². The van der Waals surface area contributed by atoms with Crippen molar-refractivity contribution in [1.82, 2.24) is 10.4 Å². The molecular weight excluding hydrogens is 342 g/mol. The van der Waals surface area contributed by atoms with Gasteiger partial charge in [-0.15, -0.1) is 0 Å². The Hall–Kier alpha value is -3.67. The lowest BCUT2D eigenvalue weighted by atomic mass is 10.1. The summed E-state index contributed by atoms with van der Waals surface area (Å²) in [6, 6.07) is 20.0. The van der Waals surface area contributed by atoms with Gasteiger partial charge in [0.25, 0.3) is 5.91 Å². The molecule has 1 amide bonds. The average molecular weight is 361 g/mol. The number of carbonyl (C=O) groups is 1. The van der Waals surface area contributed by atoms with E-state index in [0.717, 1.165) is 5.56 Å². The maximum Gasteiger partial charge on any atom is 0.271 e. The molecule has 1 heterocycles. The zero-order valence-corrected chi connectivity index (χ0v) is 15.0. The second kappa shape index (κ2) is 8.62. The van der Waals surface area contributed by atoms with Crippen LogP contribution in [-0.2, 0) is 0 Å². The first kappa shape index (κ1) is 18.1. The second-order valence-corrected chi connectivity index (χ2v) is 5.55. The number of aromatic nitrogens is 1. The average Bonchev–Trinajstić information content (AvgIpc) is 2.74. The van der Waals surface area contributed by atoms with Crippen LogP contribution >= 0.6 is 0 Å². The van der Waals surface area contributed by atoms with Gasteiger partial charge in [0.15, 0.2) is 11.5 Å². The minimum atomic E-state index is -0.361. The van der Waals surface area contributed by atoms with Crippen LogP contribution in [-0.4, -0.2) is 30.8 Å². The van der Waals surface area contributed by atoms with Crippen LogP contribution in [0, 0.1) is 0 Å². The summed E-state index contributed by atoms with van der Waals surface area (Å²) in [6.07, 6.45) is 1.68. The molecule has 1 N–H and O–H groups in total. The van der Waals surface area contributed by atoms with Gasteiger partial charge in [0, 0.05) is 17.3 Å². The topological polar surface area (TPSA) is 72.8 Å². The van der Waals surface area contributed by atoms with Crippen molar-refractivity contribution in [3.8, 4) is 11.5 Å². The molecule has 0 atom stereocenters. The minimum Gasteiger partial charge on any atom is -0.493 e. The van der Waals surface area contributed by atoms with Crippen LogP contribution in [0.3, 0.4) is 0 Å². The highest BCUT2D eigenvalue weighted by atomic mass is 16.5. The Labute approximate surface area is 157 Å². The smallest absolute Gasteiger partial charge is 0.271 e. The van der Waals surface area contributed by atoms with Crippen molar-refractivity contribution in [2.75, 3.05) is 14.2 Å². The summed E-state index contributed by atoms with van der Waals surface area (Å²) in [5.41, 5.74) is 5.09. The van der Waals surface area contributed by atoms with Gasteiger partial charge in [0.2, 0.25) is 0 Å². The fraction of sp³-hybridized carbons (Fsp3) is 0.0952. The molecule has 0 aliphatic rings. The Kier molecular flexibility index (Phi) is 5.79. The van der Waals surface area contributed by atoms with Gasteiger partial charge in [-0.1, -0.05) is 36.4 Å². The predicted octanol–water partition coefficient (Wildman–Crippen LogP) is 3.28. The van der Waals surface area contributed by atoms with Crippen molar-refractivity contribution in [2.24, 2.45) is 5.10 Å². The van der Waals surface area contributed by atoms with E-state index >= 15 is 0 Å². The number of hydrogen-bond acceptors (Lipinski definition) is 5. The van der Waals surface area contributed by atoms with Crippen molar-refractivity contribution in [3.63, 3.8) is 0 Å². The number of benzene rings is 2. The monoisotopic (exact) mass is 361 g/mol. The Balaban J connectivity index is 1.90. The maximum absolute atomic E-state index is 12.5. The van der Waals surface area contributed by atoms with E-state index in [4.69, 9.17) is 9.47 Å². The standard InChI is InChI=1S/C21H19N3O3/c1-26-18-12-11-16(14-19(18)27-2)21(25)24-23-20(15-8-4-3-5-9-15)17-10-6-7-13-22-17/h3-14H,1-2H3,(H,24,25)/b23-20-. The van der Waals surface area contributed by atoms with E-state index in [1.54, 1.807) is 31.5 Å². The van der Waals surface area contributed by atoms with Gasteiger partial charge in [0.1, 0.15) is 5.71 Å². The molecule has 6 nitrogen and oxygen atoms in total. The van der Waals surface area contributed by atoms with Gasteiger partial charge in [-0.2, -0.15) is 5.10 Å². The predicted molar refractivity (Wildman–Crippen MR) is 103 cm³/mol. The van der Waals surface area contributed by atoms with E-state index in [2.05, 4.69) is 15.5 Å². The van der Waals surface area contributed by atoms with Crippen LogP contribution < -0.4 is 14.9 Å². The molecule has 0 spiro atoms. The Morgan fingerprint density at radius 3 is 2.30 bits per heavy atom. The molecule has 2 aromatic carbocycles. The highest BCUT2D eigenvalue weighted by molar-refractivity contribution is 6.12. The molecule has 0 aliphatic heterocycles. The number of nitrogens with zero attached hydrogens (tertiary/aromatic N) is 2. The third kappa shape index (κ3) is 4.30. The van der Waals surface area contributed by atoms with Gasteiger partial charge in [0.05, 0.1) is 19.9 Å². The van der Waals surface area contributed by atoms with Crippen LogP contribution in [0.25, 0.3) is 0 Å². The summed E-state index contributed by atoms with van der Waals surface area (Å²) in [5, 5.41) is 4.32. The molecule has 0 bridgehead atoms. The lowest BCUT2D eigenvalue weighted by Crippen LogP contribution is -2.21. The normalized spacial score (nSPS) is 11.0. The molecule has 3 rings (SSSR count). The summed E-state index contributed by atoms with van der Waals surface area (Å²) in [4.78, 5) is 16.9. The highest BCUT2D eigenvalue weighted by Gasteiger charge is 2.12. The third-order valence-corrected chi connectivity index (χ3v) is 3.87.